The topological polar surface area (TPSA) is 29.9 Å². The van der Waals surface area contributed by atoms with Gasteiger partial charge in [0.25, 0.3) is 0 Å². The molecule has 2 heterocycles. The summed E-state index contributed by atoms with van der Waals surface area (Å²) in [6, 6.07) is 5.04. The minimum absolute atomic E-state index is 0.750. The summed E-state index contributed by atoms with van der Waals surface area (Å²) in [7, 11) is 0. The van der Waals surface area contributed by atoms with E-state index >= 15 is 0 Å². The van der Waals surface area contributed by atoms with Crippen molar-refractivity contribution >= 4 is 11.3 Å². The summed E-state index contributed by atoms with van der Waals surface area (Å²) < 4.78 is 2.31. The highest BCUT2D eigenvalue weighted by atomic mass is 32.1. The first-order valence-corrected chi connectivity index (χ1v) is 6.97. The van der Waals surface area contributed by atoms with Gasteiger partial charge in [-0.25, -0.2) is 4.98 Å². The van der Waals surface area contributed by atoms with E-state index in [1.165, 1.54) is 23.4 Å². The molecule has 2 aromatic rings. The third-order valence-corrected chi connectivity index (χ3v) is 4.04. The van der Waals surface area contributed by atoms with Crippen LogP contribution >= 0.6 is 11.3 Å². The molecule has 0 spiro atoms. The molecule has 17 heavy (non-hydrogen) atoms. The maximum absolute atomic E-state index is 4.42. The normalized spacial score (nSPS) is 15.4. The average molecular weight is 247 g/mol. The number of imidazole rings is 1. The Morgan fingerprint density at radius 3 is 3.12 bits per heavy atom. The molecule has 0 bridgehead atoms. The lowest BCUT2D eigenvalue weighted by Gasteiger charge is -2.09. The fraction of sp³-hybridized carbons (Fsp3) is 0.462. The number of nitrogens with one attached hydrogen (secondary N) is 1. The van der Waals surface area contributed by atoms with Crippen LogP contribution in [0.1, 0.15) is 29.2 Å². The third-order valence-electron chi connectivity index (χ3n) is 3.18. The molecule has 4 heteroatoms. The number of hydrogen-bond donors (Lipinski definition) is 1. The van der Waals surface area contributed by atoms with Crippen LogP contribution in [0.3, 0.4) is 0 Å². The summed E-state index contributed by atoms with van der Waals surface area (Å²) in [5, 5.41) is 5.68. The summed E-state index contributed by atoms with van der Waals surface area (Å²) >= 11 is 1.81. The summed E-state index contributed by atoms with van der Waals surface area (Å²) in [6.07, 6.45) is 4.66. The first-order chi connectivity index (χ1) is 8.33. The highest BCUT2D eigenvalue weighted by Crippen LogP contribution is 2.20. The van der Waals surface area contributed by atoms with Crippen LogP contribution in [0, 0.1) is 6.92 Å². The lowest BCUT2D eigenvalue weighted by molar-refractivity contribution is 0.629. The number of aryl methyl sites for hydroxylation is 1. The van der Waals surface area contributed by atoms with Gasteiger partial charge in [-0.1, -0.05) is 6.07 Å². The fourth-order valence-corrected chi connectivity index (χ4v) is 2.66. The van der Waals surface area contributed by atoms with Gasteiger partial charge in [0, 0.05) is 23.7 Å². The molecule has 90 valence electrons. The van der Waals surface area contributed by atoms with Gasteiger partial charge in [0.05, 0.1) is 12.2 Å². The van der Waals surface area contributed by atoms with E-state index in [9.17, 15) is 0 Å². The van der Waals surface area contributed by atoms with E-state index in [0.29, 0.717) is 0 Å². The quantitative estimate of drug-likeness (QED) is 0.880. The van der Waals surface area contributed by atoms with Gasteiger partial charge in [-0.2, -0.15) is 0 Å². The van der Waals surface area contributed by atoms with E-state index in [4.69, 9.17) is 0 Å². The molecule has 0 unspecified atom stereocenters. The maximum Gasteiger partial charge on any atom is 0.106 e. The second kappa shape index (κ2) is 4.63. The monoisotopic (exact) mass is 247 g/mol. The van der Waals surface area contributed by atoms with Gasteiger partial charge in [-0.3, -0.25) is 0 Å². The van der Waals surface area contributed by atoms with Gasteiger partial charge >= 0.3 is 0 Å². The third kappa shape index (κ3) is 2.58. The van der Waals surface area contributed by atoms with Gasteiger partial charge < -0.3 is 9.88 Å². The Labute approximate surface area is 106 Å². The van der Waals surface area contributed by atoms with Crippen molar-refractivity contribution in [3.63, 3.8) is 0 Å². The number of aromatic nitrogens is 2. The molecule has 1 fully saturated rings. The maximum atomic E-state index is 4.42. The van der Waals surface area contributed by atoms with Crippen LogP contribution in [0.2, 0.25) is 0 Å². The smallest absolute Gasteiger partial charge is 0.106 e. The van der Waals surface area contributed by atoms with Gasteiger partial charge in [0.1, 0.15) is 5.82 Å². The molecular formula is C13H17N3S. The molecular weight excluding hydrogens is 230 g/mol. The Morgan fingerprint density at radius 1 is 1.53 bits per heavy atom. The average Bonchev–Trinajstić information content (AvgIpc) is 2.90. The zero-order valence-corrected chi connectivity index (χ0v) is 10.8. The van der Waals surface area contributed by atoms with Crippen LogP contribution in [0.5, 0.6) is 0 Å². The molecule has 0 radical (unpaired) electrons. The summed E-state index contributed by atoms with van der Waals surface area (Å²) in [4.78, 5) is 5.81. The lowest BCUT2D eigenvalue weighted by atomic mass is 10.4. The van der Waals surface area contributed by atoms with Gasteiger partial charge in [0.2, 0.25) is 0 Å². The van der Waals surface area contributed by atoms with Crippen molar-refractivity contribution < 1.29 is 0 Å². The zero-order chi connectivity index (χ0) is 11.7. The van der Waals surface area contributed by atoms with E-state index in [0.717, 1.165) is 25.0 Å². The van der Waals surface area contributed by atoms with E-state index in [1.54, 1.807) is 11.3 Å². The summed E-state index contributed by atoms with van der Waals surface area (Å²) in [5.41, 5.74) is 1.29. The number of hydrogen-bond acceptors (Lipinski definition) is 3. The van der Waals surface area contributed by atoms with Crippen molar-refractivity contribution in [1.29, 1.82) is 0 Å². The molecule has 0 saturated heterocycles. The van der Waals surface area contributed by atoms with Gasteiger partial charge in [-0.05, 0) is 31.2 Å². The predicted octanol–water partition coefficient (Wildman–Crippen LogP) is 2.55. The molecule has 0 amide bonds. The Kier molecular flexibility index (Phi) is 2.99. The highest BCUT2D eigenvalue weighted by molar-refractivity contribution is 7.09. The minimum atomic E-state index is 0.750. The van der Waals surface area contributed by atoms with E-state index in [2.05, 4.69) is 39.3 Å². The largest absolute Gasteiger partial charge is 0.326 e. The molecule has 1 aliphatic rings. The molecule has 0 aromatic carbocycles. The minimum Gasteiger partial charge on any atom is -0.326 e. The molecule has 3 nitrogen and oxygen atoms in total. The van der Waals surface area contributed by atoms with Crippen LogP contribution in [0.4, 0.5) is 0 Å². The SMILES string of the molecule is Cc1ncc(CNC2CC2)n1Cc1cccs1. The van der Waals surface area contributed by atoms with E-state index in [1.807, 2.05) is 6.20 Å². The first kappa shape index (κ1) is 11.0. The first-order valence-electron chi connectivity index (χ1n) is 6.09. The number of rotatable bonds is 5. The van der Waals surface area contributed by atoms with Crippen molar-refractivity contribution in [2.75, 3.05) is 0 Å². The Balaban J connectivity index is 1.74. The van der Waals surface area contributed by atoms with Crippen LogP contribution in [-0.4, -0.2) is 15.6 Å². The molecule has 1 N–H and O–H groups in total. The zero-order valence-electron chi connectivity index (χ0n) is 10.0. The summed E-state index contributed by atoms with van der Waals surface area (Å²) in [6.45, 7) is 3.97. The van der Waals surface area contributed by atoms with Crippen LogP contribution < -0.4 is 5.32 Å². The van der Waals surface area contributed by atoms with E-state index < -0.39 is 0 Å². The molecule has 2 aromatic heterocycles. The second-order valence-electron chi connectivity index (χ2n) is 4.62. The number of thiophene rings is 1. The molecule has 0 atom stereocenters. The number of nitrogens with zero attached hydrogens (tertiary/aromatic N) is 2. The Hall–Kier alpha value is -1.13. The predicted molar refractivity (Wildman–Crippen MR) is 70.2 cm³/mol. The van der Waals surface area contributed by atoms with Gasteiger partial charge in [0.15, 0.2) is 0 Å². The van der Waals surface area contributed by atoms with Crippen molar-refractivity contribution in [1.82, 2.24) is 14.9 Å². The Morgan fingerprint density at radius 2 is 2.41 bits per heavy atom. The van der Waals surface area contributed by atoms with Crippen LogP contribution in [0.15, 0.2) is 23.7 Å². The van der Waals surface area contributed by atoms with Crippen molar-refractivity contribution in [2.24, 2.45) is 0 Å². The van der Waals surface area contributed by atoms with Gasteiger partial charge in [-0.15, -0.1) is 11.3 Å². The highest BCUT2D eigenvalue weighted by Gasteiger charge is 2.20. The molecule has 0 aliphatic heterocycles. The standard InChI is InChI=1S/C13H17N3S/c1-10-14-7-12(8-15-11-4-5-11)16(10)9-13-3-2-6-17-13/h2-3,6-7,11,15H,4-5,8-9H2,1H3. The van der Waals surface area contributed by atoms with Crippen molar-refractivity contribution in [3.8, 4) is 0 Å². The molecule has 1 aliphatic carbocycles. The summed E-state index contributed by atoms with van der Waals surface area (Å²) in [5.74, 6) is 1.10. The van der Waals surface area contributed by atoms with Crippen molar-refractivity contribution in [2.45, 2.75) is 38.9 Å². The second-order valence-corrected chi connectivity index (χ2v) is 5.65. The molecule has 1 saturated carbocycles. The van der Waals surface area contributed by atoms with E-state index in [-0.39, 0.29) is 0 Å². The van der Waals surface area contributed by atoms with Crippen molar-refractivity contribution in [3.05, 3.63) is 40.1 Å². The van der Waals surface area contributed by atoms with Crippen LogP contribution in [0.25, 0.3) is 0 Å². The lowest BCUT2D eigenvalue weighted by Crippen LogP contribution is -2.18. The fourth-order valence-electron chi connectivity index (χ4n) is 1.97. The Bertz CT molecular complexity index is 483. The van der Waals surface area contributed by atoms with Crippen LogP contribution in [-0.2, 0) is 13.1 Å². The molecule has 3 rings (SSSR count).